The number of rotatable bonds is 54. The molecule has 370 valence electrons. The van der Waals surface area contributed by atoms with Crippen LogP contribution in [0.4, 0.5) is 0 Å². The maximum absolute atomic E-state index is 12.8. The zero-order valence-corrected chi connectivity index (χ0v) is 42.7. The van der Waals surface area contributed by atoms with Gasteiger partial charge in [-0.1, -0.05) is 297 Å². The lowest BCUT2D eigenvalue weighted by molar-refractivity contribution is -0.163. The Morgan fingerprint density at radius 3 is 0.823 bits per heavy atom. The minimum atomic E-state index is -0.523. The van der Waals surface area contributed by atoms with Gasteiger partial charge in [-0.3, -0.25) is 9.59 Å². The second-order valence-corrected chi connectivity index (χ2v) is 19.6. The van der Waals surface area contributed by atoms with Crippen LogP contribution in [0.5, 0.6) is 0 Å². The van der Waals surface area contributed by atoms with Crippen molar-refractivity contribution >= 4 is 11.9 Å². The monoisotopic (exact) mass is 877 g/mol. The first-order valence-corrected chi connectivity index (χ1v) is 28.6. The molecule has 1 atom stereocenters. The van der Waals surface area contributed by atoms with Gasteiger partial charge in [-0.05, 0) is 19.3 Å². The summed E-state index contributed by atoms with van der Waals surface area (Å²) in [7, 11) is 0. The van der Waals surface area contributed by atoms with Crippen molar-refractivity contribution in [3.05, 3.63) is 0 Å². The molecule has 0 aliphatic heterocycles. The lowest BCUT2D eigenvalue weighted by Crippen LogP contribution is -2.30. The fourth-order valence-corrected chi connectivity index (χ4v) is 8.87. The zero-order chi connectivity index (χ0) is 44.9. The van der Waals surface area contributed by atoms with Crippen molar-refractivity contribution in [2.24, 2.45) is 0 Å². The van der Waals surface area contributed by atoms with E-state index < -0.39 is 6.10 Å². The van der Waals surface area contributed by atoms with E-state index in [9.17, 15) is 9.59 Å². The molecule has 0 saturated carbocycles. The van der Waals surface area contributed by atoms with Crippen LogP contribution < -0.4 is 0 Å². The minimum Gasteiger partial charge on any atom is -0.462 e. The number of hydrogen-bond acceptors (Lipinski definition) is 5. The van der Waals surface area contributed by atoms with E-state index in [1.807, 2.05) is 0 Å². The van der Waals surface area contributed by atoms with Gasteiger partial charge in [-0.25, -0.2) is 0 Å². The predicted octanol–water partition coefficient (Wildman–Crippen LogP) is 19.2. The molecule has 0 aliphatic carbocycles. The van der Waals surface area contributed by atoms with Crippen LogP contribution in [0.2, 0.25) is 0 Å². The molecule has 0 aromatic rings. The Hall–Kier alpha value is -1.10. The maximum Gasteiger partial charge on any atom is 0.306 e. The Morgan fingerprint density at radius 2 is 0.532 bits per heavy atom. The Labute approximate surface area is 389 Å². The summed E-state index contributed by atoms with van der Waals surface area (Å²) in [6, 6.07) is 0. The van der Waals surface area contributed by atoms with Crippen LogP contribution in [0.15, 0.2) is 0 Å². The third-order valence-corrected chi connectivity index (χ3v) is 13.1. The van der Waals surface area contributed by atoms with E-state index >= 15 is 0 Å². The summed E-state index contributed by atoms with van der Waals surface area (Å²) in [6.45, 7) is 7.92. The van der Waals surface area contributed by atoms with E-state index in [1.165, 1.54) is 263 Å². The average molecular weight is 878 g/mol. The highest BCUT2D eigenvalue weighted by atomic mass is 16.6. The van der Waals surface area contributed by atoms with Crippen LogP contribution in [-0.4, -0.2) is 37.9 Å². The molecule has 0 amide bonds. The van der Waals surface area contributed by atoms with Crippen molar-refractivity contribution in [2.75, 3.05) is 19.8 Å². The van der Waals surface area contributed by atoms with Gasteiger partial charge < -0.3 is 14.2 Å². The van der Waals surface area contributed by atoms with Crippen molar-refractivity contribution in [1.29, 1.82) is 0 Å². The Morgan fingerprint density at radius 1 is 0.290 bits per heavy atom. The summed E-state index contributed by atoms with van der Waals surface area (Å²) in [5.74, 6) is -0.366. The molecule has 5 nitrogen and oxygen atoms in total. The molecule has 0 aromatic carbocycles. The van der Waals surface area contributed by atoms with Crippen LogP contribution in [0.25, 0.3) is 0 Å². The molecule has 0 aliphatic rings. The van der Waals surface area contributed by atoms with E-state index in [1.54, 1.807) is 0 Å². The van der Waals surface area contributed by atoms with Crippen molar-refractivity contribution in [3.8, 4) is 0 Å². The van der Waals surface area contributed by atoms with E-state index in [4.69, 9.17) is 14.2 Å². The van der Waals surface area contributed by atoms with Gasteiger partial charge in [0.2, 0.25) is 0 Å². The summed E-state index contributed by atoms with van der Waals surface area (Å²) in [4.78, 5) is 25.5. The number of unbranched alkanes of at least 4 members (excludes halogenated alkanes) is 43. The summed E-state index contributed by atoms with van der Waals surface area (Å²) in [5, 5.41) is 0. The van der Waals surface area contributed by atoms with Crippen LogP contribution in [-0.2, 0) is 23.8 Å². The molecular formula is C57H112O5. The smallest absolute Gasteiger partial charge is 0.306 e. The van der Waals surface area contributed by atoms with Gasteiger partial charge in [0.15, 0.2) is 6.10 Å². The van der Waals surface area contributed by atoms with Crippen LogP contribution in [0.3, 0.4) is 0 Å². The van der Waals surface area contributed by atoms with Gasteiger partial charge in [0.25, 0.3) is 0 Å². The van der Waals surface area contributed by atoms with Gasteiger partial charge >= 0.3 is 11.9 Å². The molecule has 0 fully saturated rings. The molecule has 0 radical (unpaired) electrons. The van der Waals surface area contributed by atoms with Crippen LogP contribution >= 0.6 is 0 Å². The standard InChI is InChI=1S/C57H112O5/c1-4-7-10-13-16-19-22-25-27-29-30-33-36-39-42-45-48-51-57(59)62-55(54-61-56(58)50-47-44-41-38-35-32-24-21-18-15-12-9-6-3)53-60-52-49-46-43-40-37-34-31-28-26-23-20-17-14-11-8-5-2/h55H,4-54H2,1-3H3/t55-/m1/s1. The molecule has 0 heterocycles. The highest BCUT2D eigenvalue weighted by molar-refractivity contribution is 5.70. The molecule has 0 saturated heterocycles. The van der Waals surface area contributed by atoms with Crippen molar-refractivity contribution < 1.29 is 23.8 Å². The molecule has 0 spiro atoms. The van der Waals surface area contributed by atoms with E-state index in [0.717, 1.165) is 32.1 Å². The molecule has 0 rings (SSSR count). The van der Waals surface area contributed by atoms with Crippen LogP contribution in [0, 0.1) is 0 Å². The molecule has 0 unspecified atom stereocenters. The molecule has 0 N–H and O–H groups in total. The van der Waals surface area contributed by atoms with E-state index in [2.05, 4.69) is 20.8 Å². The van der Waals surface area contributed by atoms with Gasteiger partial charge in [0, 0.05) is 19.4 Å². The Kier molecular flexibility index (Phi) is 53.3. The number of carbonyl (C=O) groups is 2. The lowest BCUT2D eigenvalue weighted by atomic mass is 10.0. The molecule has 0 bridgehead atoms. The van der Waals surface area contributed by atoms with E-state index in [0.29, 0.717) is 26.1 Å². The normalized spacial score (nSPS) is 12.0. The second kappa shape index (κ2) is 54.2. The summed E-state index contributed by atoms with van der Waals surface area (Å²) >= 11 is 0. The maximum atomic E-state index is 12.8. The first kappa shape index (κ1) is 60.9. The summed E-state index contributed by atoms with van der Waals surface area (Å²) in [6.07, 6.45) is 61.2. The third-order valence-electron chi connectivity index (χ3n) is 13.1. The first-order chi connectivity index (χ1) is 30.6. The topological polar surface area (TPSA) is 61.8 Å². The quantitative estimate of drug-likeness (QED) is 0.0450. The molecule has 62 heavy (non-hydrogen) atoms. The summed E-state index contributed by atoms with van der Waals surface area (Å²) < 4.78 is 17.5. The number of esters is 2. The SMILES string of the molecule is CCCCCCCCCCCCCCCCCCCC(=O)O[C@H](COCCCCCCCCCCCCCCCCCC)COC(=O)CCCCCCCCCCCCCCC. The third kappa shape index (κ3) is 51.5. The Bertz CT molecular complexity index is 860. The van der Waals surface area contributed by atoms with E-state index in [-0.39, 0.29) is 18.5 Å². The van der Waals surface area contributed by atoms with Gasteiger partial charge in [0.05, 0.1) is 6.61 Å². The average Bonchev–Trinajstić information content (AvgIpc) is 3.27. The van der Waals surface area contributed by atoms with Gasteiger partial charge in [0.1, 0.15) is 6.61 Å². The highest BCUT2D eigenvalue weighted by Crippen LogP contribution is 2.17. The number of carbonyl (C=O) groups excluding carboxylic acids is 2. The predicted molar refractivity (Wildman–Crippen MR) is 270 cm³/mol. The zero-order valence-electron chi connectivity index (χ0n) is 42.7. The number of ether oxygens (including phenoxy) is 3. The van der Waals surface area contributed by atoms with Gasteiger partial charge in [-0.15, -0.1) is 0 Å². The Balaban J connectivity index is 4.18. The van der Waals surface area contributed by atoms with Crippen molar-refractivity contribution in [2.45, 2.75) is 335 Å². The van der Waals surface area contributed by atoms with Crippen LogP contribution in [0.1, 0.15) is 329 Å². The molecular weight excluding hydrogens is 765 g/mol. The minimum absolute atomic E-state index is 0.0982. The highest BCUT2D eigenvalue weighted by Gasteiger charge is 2.17. The fraction of sp³-hybridized carbons (Fsp3) is 0.965. The fourth-order valence-electron chi connectivity index (χ4n) is 8.87. The largest absolute Gasteiger partial charge is 0.462 e. The van der Waals surface area contributed by atoms with Gasteiger partial charge in [-0.2, -0.15) is 0 Å². The molecule has 0 aromatic heterocycles. The second-order valence-electron chi connectivity index (χ2n) is 19.6. The van der Waals surface area contributed by atoms with Crippen molar-refractivity contribution in [3.63, 3.8) is 0 Å². The number of hydrogen-bond donors (Lipinski definition) is 0. The molecule has 5 heteroatoms. The lowest BCUT2D eigenvalue weighted by Gasteiger charge is -2.18. The summed E-state index contributed by atoms with van der Waals surface area (Å²) in [5.41, 5.74) is 0. The van der Waals surface area contributed by atoms with Crippen molar-refractivity contribution in [1.82, 2.24) is 0 Å². The first-order valence-electron chi connectivity index (χ1n) is 28.6.